The van der Waals surface area contributed by atoms with Crippen molar-refractivity contribution in [2.24, 2.45) is 5.92 Å². The van der Waals surface area contributed by atoms with Gasteiger partial charge in [-0.2, -0.15) is 0 Å². The second kappa shape index (κ2) is 14.7. The molecule has 0 amide bonds. The number of hydrogen-bond acceptors (Lipinski definition) is 10. The Bertz CT molecular complexity index is 1570. The number of aromatic amines is 1. The number of carbonyl (C=O) groups excluding carboxylic acids is 1. The lowest BCUT2D eigenvalue weighted by Crippen LogP contribution is -2.15. The molecule has 4 aromatic rings. The third-order valence-corrected chi connectivity index (χ3v) is 7.03. The van der Waals surface area contributed by atoms with Gasteiger partial charge in [0.15, 0.2) is 5.43 Å². The first-order valence-electron chi connectivity index (χ1n) is 13.5. The number of nitrogens with zero attached hydrogens (tertiary/aromatic N) is 1. The number of ether oxygens (including phenoxy) is 3. The van der Waals surface area contributed by atoms with E-state index in [-0.39, 0.29) is 36.4 Å². The summed E-state index contributed by atoms with van der Waals surface area (Å²) in [6.07, 6.45) is 2.57. The molecule has 0 saturated heterocycles. The number of fused-ring (bicyclic) bond motifs is 2. The number of rotatable bonds is 11. The molecule has 2 aromatic carbocycles. The fourth-order valence-electron chi connectivity index (χ4n) is 4.86. The van der Waals surface area contributed by atoms with Crippen molar-refractivity contribution in [3.63, 3.8) is 0 Å². The topological polar surface area (TPSA) is 127 Å². The van der Waals surface area contributed by atoms with Gasteiger partial charge in [0.2, 0.25) is 0 Å². The Labute approximate surface area is 243 Å². The minimum atomic E-state index is -0.0592. The SMILES string of the molecule is COOCc1cc(=O)c2ccc(OC)cc2[nH]1.COOCc1cc(OC2CC[C@H](C(C)=O)C2)c2ccc(OC)cc2n1. The Balaban J connectivity index is 0.000000208. The molecule has 1 aliphatic carbocycles. The summed E-state index contributed by atoms with van der Waals surface area (Å²) in [4.78, 5) is 50.0. The maximum Gasteiger partial charge on any atom is 0.189 e. The average molecular weight is 581 g/mol. The molecule has 2 atom stereocenters. The van der Waals surface area contributed by atoms with Crippen LogP contribution < -0.4 is 19.6 Å². The van der Waals surface area contributed by atoms with Gasteiger partial charge in [-0.15, -0.1) is 0 Å². The van der Waals surface area contributed by atoms with E-state index in [0.29, 0.717) is 28.0 Å². The Morgan fingerprint density at radius 3 is 2.24 bits per heavy atom. The van der Waals surface area contributed by atoms with Crippen LogP contribution >= 0.6 is 0 Å². The average Bonchev–Trinajstić information content (AvgIpc) is 3.47. The first kappa shape index (κ1) is 30.9. The summed E-state index contributed by atoms with van der Waals surface area (Å²) in [6.45, 7) is 2.07. The van der Waals surface area contributed by atoms with Crippen molar-refractivity contribution in [2.75, 3.05) is 28.4 Å². The van der Waals surface area contributed by atoms with E-state index < -0.39 is 0 Å². The largest absolute Gasteiger partial charge is 0.497 e. The highest BCUT2D eigenvalue weighted by molar-refractivity contribution is 5.86. The first-order chi connectivity index (χ1) is 20.3. The molecular formula is C31H36N2O9. The minimum Gasteiger partial charge on any atom is -0.497 e. The normalized spacial score (nSPS) is 16.2. The maximum absolute atomic E-state index is 11.8. The molecule has 0 radical (unpaired) electrons. The Kier molecular flexibility index (Phi) is 10.8. The quantitative estimate of drug-likeness (QED) is 0.190. The predicted octanol–water partition coefficient (Wildman–Crippen LogP) is 5.07. The number of H-pyrrole nitrogens is 1. The van der Waals surface area contributed by atoms with Crippen molar-refractivity contribution in [2.45, 2.75) is 45.5 Å². The second-order valence-corrected chi connectivity index (χ2v) is 9.78. The summed E-state index contributed by atoms with van der Waals surface area (Å²) in [7, 11) is 6.08. The highest BCUT2D eigenvalue weighted by atomic mass is 17.2. The number of carbonyl (C=O) groups is 1. The van der Waals surface area contributed by atoms with Crippen LogP contribution in [0.15, 0.2) is 53.3 Å². The van der Waals surface area contributed by atoms with Gasteiger partial charge in [-0.05, 0) is 50.5 Å². The monoisotopic (exact) mass is 580 g/mol. The summed E-state index contributed by atoms with van der Waals surface area (Å²) in [5.74, 6) is 2.52. The van der Waals surface area contributed by atoms with Gasteiger partial charge < -0.3 is 19.2 Å². The Hall–Kier alpha value is -4.03. The van der Waals surface area contributed by atoms with Crippen LogP contribution in [0.25, 0.3) is 21.8 Å². The number of aromatic nitrogens is 2. The Morgan fingerprint density at radius 2 is 1.57 bits per heavy atom. The number of ketones is 1. The zero-order chi connectivity index (χ0) is 30.1. The second-order valence-electron chi connectivity index (χ2n) is 9.78. The maximum atomic E-state index is 11.8. The fraction of sp³-hybridized carbons (Fsp3) is 0.387. The molecule has 5 rings (SSSR count). The molecule has 0 spiro atoms. The molecule has 1 aliphatic rings. The zero-order valence-electron chi connectivity index (χ0n) is 24.4. The lowest BCUT2D eigenvalue weighted by atomic mass is 10.0. The standard InChI is InChI=1S/C19H23NO5.C12H13NO4/c1-12(21)13-4-5-16(8-13)25-19-9-14(11-24-23-3)20-18-10-15(22-2)6-7-17(18)19;1-15-9-3-4-10-11(6-9)13-8(5-12(10)14)7-17-16-2/h6-7,9-10,13,16H,4-5,8,11H2,1-3H3;3-6H,7H2,1-2H3,(H,13,14)/t13-,16?;/m0./s1. The summed E-state index contributed by atoms with van der Waals surface area (Å²) in [5, 5.41) is 1.53. The van der Waals surface area contributed by atoms with E-state index in [1.54, 1.807) is 39.3 Å². The number of Topliss-reactive ketones (excluding diaryl/α,β-unsaturated/α-hetero) is 1. The van der Waals surface area contributed by atoms with Gasteiger partial charge in [-0.1, -0.05) is 0 Å². The van der Waals surface area contributed by atoms with E-state index in [1.807, 2.05) is 24.3 Å². The number of nitrogens with one attached hydrogen (secondary N) is 1. The van der Waals surface area contributed by atoms with E-state index in [0.717, 1.165) is 41.7 Å². The fourth-order valence-corrected chi connectivity index (χ4v) is 4.86. The summed E-state index contributed by atoms with van der Waals surface area (Å²) in [6, 6.07) is 14.3. The Morgan fingerprint density at radius 1 is 0.881 bits per heavy atom. The molecule has 1 N–H and O–H groups in total. The van der Waals surface area contributed by atoms with Crippen LogP contribution in [0, 0.1) is 5.92 Å². The summed E-state index contributed by atoms with van der Waals surface area (Å²) >= 11 is 0. The summed E-state index contributed by atoms with van der Waals surface area (Å²) in [5.41, 5.74) is 2.78. The lowest BCUT2D eigenvalue weighted by molar-refractivity contribution is -0.282. The highest BCUT2D eigenvalue weighted by Crippen LogP contribution is 2.34. The van der Waals surface area contributed by atoms with E-state index in [9.17, 15) is 9.59 Å². The molecule has 1 saturated carbocycles. The van der Waals surface area contributed by atoms with Crippen molar-refractivity contribution in [3.05, 3.63) is 70.1 Å². The van der Waals surface area contributed by atoms with Gasteiger partial charge in [0.1, 0.15) is 36.2 Å². The molecular weight excluding hydrogens is 544 g/mol. The van der Waals surface area contributed by atoms with Crippen LogP contribution in [0.1, 0.15) is 37.6 Å². The van der Waals surface area contributed by atoms with Crippen LogP contribution in [0.4, 0.5) is 0 Å². The minimum absolute atomic E-state index is 0.0396. The van der Waals surface area contributed by atoms with Crippen LogP contribution in [0.3, 0.4) is 0 Å². The molecule has 0 aliphatic heterocycles. The third-order valence-electron chi connectivity index (χ3n) is 7.03. The summed E-state index contributed by atoms with van der Waals surface area (Å²) < 4.78 is 16.6. The number of benzene rings is 2. The van der Waals surface area contributed by atoms with Gasteiger partial charge in [-0.3, -0.25) is 9.59 Å². The number of pyridine rings is 2. The van der Waals surface area contributed by atoms with E-state index in [4.69, 9.17) is 24.0 Å². The smallest absolute Gasteiger partial charge is 0.189 e. The van der Waals surface area contributed by atoms with Gasteiger partial charge >= 0.3 is 0 Å². The van der Waals surface area contributed by atoms with Gasteiger partial charge in [0.25, 0.3) is 0 Å². The number of hydrogen-bond donors (Lipinski definition) is 1. The molecule has 42 heavy (non-hydrogen) atoms. The zero-order valence-corrected chi connectivity index (χ0v) is 24.4. The van der Waals surface area contributed by atoms with Crippen molar-refractivity contribution in [3.8, 4) is 17.2 Å². The van der Waals surface area contributed by atoms with Crippen LogP contribution in [-0.2, 0) is 37.6 Å². The van der Waals surface area contributed by atoms with Crippen LogP contribution in [-0.4, -0.2) is 50.3 Å². The van der Waals surface area contributed by atoms with E-state index in [2.05, 4.69) is 19.7 Å². The van der Waals surface area contributed by atoms with Crippen molar-refractivity contribution < 1.29 is 38.6 Å². The molecule has 11 nitrogen and oxygen atoms in total. The number of methoxy groups -OCH3 is 2. The van der Waals surface area contributed by atoms with Gasteiger partial charge in [0.05, 0.1) is 51.3 Å². The van der Waals surface area contributed by atoms with Crippen LogP contribution in [0.5, 0.6) is 17.2 Å². The van der Waals surface area contributed by atoms with Crippen molar-refractivity contribution >= 4 is 27.6 Å². The highest BCUT2D eigenvalue weighted by Gasteiger charge is 2.29. The third kappa shape index (κ3) is 7.83. The van der Waals surface area contributed by atoms with Gasteiger partial charge in [-0.25, -0.2) is 24.5 Å². The van der Waals surface area contributed by atoms with Gasteiger partial charge in [0, 0.05) is 46.6 Å². The molecule has 0 bridgehead atoms. The van der Waals surface area contributed by atoms with E-state index >= 15 is 0 Å². The molecule has 224 valence electrons. The molecule has 11 heteroatoms. The molecule has 1 fully saturated rings. The molecule has 1 unspecified atom stereocenters. The molecule has 2 aromatic heterocycles. The van der Waals surface area contributed by atoms with Crippen molar-refractivity contribution in [1.29, 1.82) is 0 Å². The molecule has 2 heterocycles. The van der Waals surface area contributed by atoms with E-state index in [1.165, 1.54) is 20.3 Å². The van der Waals surface area contributed by atoms with Crippen molar-refractivity contribution in [1.82, 2.24) is 9.97 Å². The lowest BCUT2D eigenvalue weighted by Gasteiger charge is -2.17. The van der Waals surface area contributed by atoms with Crippen LogP contribution in [0.2, 0.25) is 0 Å². The first-order valence-corrected chi connectivity index (χ1v) is 13.5. The predicted molar refractivity (Wildman–Crippen MR) is 155 cm³/mol.